The van der Waals surface area contributed by atoms with Gasteiger partial charge in [-0.05, 0) is 17.7 Å². The van der Waals surface area contributed by atoms with Crippen LogP contribution < -0.4 is 11.1 Å². The predicted octanol–water partition coefficient (Wildman–Crippen LogP) is -0.187. The van der Waals surface area contributed by atoms with E-state index in [1.807, 2.05) is 0 Å². The van der Waals surface area contributed by atoms with Gasteiger partial charge in [0.15, 0.2) is 0 Å². The Morgan fingerprint density at radius 2 is 2.05 bits per heavy atom. The summed E-state index contributed by atoms with van der Waals surface area (Å²) in [5.74, 6) is -3.30. The minimum Gasteiger partial charge on any atom is -0.480 e. The molecule has 0 bridgehead atoms. The van der Waals surface area contributed by atoms with Crippen molar-refractivity contribution in [3.05, 3.63) is 35.6 Å². The third-order valence-electron chi connectivity index (χ3n) is 2.29. The molecular formula is C12H13FN2O4. The van der Waals surface area contributed by atoms with Gasteiger partial charge in [-0.3, -0.25) is 9.59 Å². The molecule has 0 aliphatic rings. The number of primary amides is 1. The fourth-order valence-electron chi connectivity index (χ4n) is 1.48. The van der Waals surface area contributed by atoms with Crippen molar-refractivity contribution in [2.45, 2.75) is 18.9 Å². The van der Waals surface area contributed by atoms with Crippen molar-refractivity contribution < 1.29 is 23.9 Å². The van der Waals surface area contributed by atoms with Crippen LogP contribution in [0.3, 0.4) is 0 Å². The Bertz CT molecular complexity index is 504. The van der Waals surface area contributed by atoms with Crippen molar-refractivity contribution in [1.29, 1.82) is 0 Å². The van der Waals surface area contributed by atoms with Crippen LogP contribution in [0.2, 0.25) is 0 Å². The second-order valence-electron chi connectivity index (χ2n) is 3.94. The van der Waals surface area contributed by atoms with E-state index in [0.717, 1.165) is 0 Å². The maximum Gasteiger partial charge on any atom is 0.326 e. The third kappa shape index (κ3) is 5.15. The molecule has 0 aromatic heterocycles. The molecule has 1 aromatic rings. The fourth-order valence-corrected chi connectivity index (χ4v) is 1.48. The number of nitrogens with two attached hydrogens (primary N) is 1. The number of carbonyl (C=O) groups is 3. The number of carboxylic acid groups (broad SMARTS) is 1. The number of benzene rings is 1. The number of amides is 2. The van der Waals surface area contributed by atoms with Crippen LogP contribution in [-0.4, -0.2) is 28.9 Å². The number of hydrogen-bond donors (Lipinski definition) is 3. The molecular weight excluding hydrogens is 255 g/mol. The van der Waals surface area contributed by atoms with Gasteiger partial charge in [0.25, 0.3) is 0 Å². The number of rotatable bonds is 6. The Morgan fingerprint density at radius 1 is 1.37 bits per heavy atom. The van der Waals surface area contributed by atoms with E-state index in [1.165, 1.54) is 24.3 Å². The van der Waals surface area contributed by atoms with Gasteiger partial charge in [-0.1, -0.05) is 12.1 Å². The second-order valence-corrected chi connectivity index (χ2v) is 3.94. The highest BCUT2D eigenvalue weighted by molar-refractivity contribution is 5.88. The Hall–Kier alpha value is -2.44. The minimum atomic E-state index is -1.38. The van der Waals surface area contributed by atoms with Crippen molar-refractivity contribution in [2.75, 3.05) is 0 Å². The van der Waals surface area contributed by atoms with Crippen LogP contribution in [0.25, 0.3) is 0 Å². The standard InChI is InChI=1S/C12H13FN2O4/c13-8-3-1-2-7(4-8)5-11(17)15-9(12(18)19)6-10(14)16/h1-4,9H,5-6H2,(H2,14,16)(H,15,17)(H,18,19). The zero-order valence-corrected chi connectivity index (χ0v) is 9.93. The number of carboxylic acids is 1. The monoisotopic (exact) mass is 268 g/mol. The third-order valence-corrected chi connectivity index (χ3v) is 2.29. The summed E-state index contributed by atoms with van der Waals surface area (Å²) in [5, 5.41) is 11.0. The largest absolute Gasteiger partial charge is 0.480 e. The summed E-state index contributed by atoms with van der Waals surface area (Å²) in [7, 11) is 0. The average molecular weight is 268 g/mol. The van der Waals surface area contributed by atoms with Crippen molar-refractivity contribution >= 4 is 17.8 Å². The quantitative estimate of drug-likeness (QED) is 0.664. The summed E-state index contributed by atoms with van der Waals surface area (Å²) in [6.45, 7) is 0. The molecule has 0 aliphatic heterocycles. The lowest BCUT2D eigenvalue weighted by Gasteiger charge is -2.12. The van der Waals surface area contributed by atoms with E-state index in [2.05, 4.69) is 5.32 Å². The first-order valence-corrected chi connectivity index (χ1v) is 5.43. The maximum absolute atomic E-state index is 12.9. The van der Waals surface area contributed by atoms with Crippen LogP contribution >= 0.6 is 0 Å². The highest BCUT2D eigenvalue weighted by Gasteiger charge is 2.22. The van der Waals surface area contributed by atoms with Gasteiger partial charge in [0.1, 0.15) is 11.9 Å². The summed E-state index contributed by atoms with van der Waals surface area (Å²) in [5.41, 5.74) is 5.28. The van der Waals surface area contributed by atoms with Gasteiger partial charge in [0, 0.05) is 0 Å². The number of halogens is 1. The lowest BCUT2D eigenvalue weighted by molar-refractivity contribution is -0.143. The highest BCUT2D eigenvalue weighted by atomic mass is 19.1. The van der Waals surface area contributed by atoms with Gasteiger partial charge in [-0.15, -0.1) is 0 Å². The van der Waals surface area contributed by atoms with Crippen LogP contribution in [0.1, 0.15) is 12.0 Å². The smallest absolute Gasteiger partial charge is 0.326 e. The van der Waals surface area contributed by atoms with E-state index in [-0.39, 0.29) is 6.42 Å². The molecule has 0 saturated carbocycles. The van der Waals surface area contributed by atoms with E-state index in [1.54, 1.807) is 0 Å². The van der Waals surface area contributed by atoms with E-state index in [0.29, 0.717) is 5.56 Å². The predicted molar refractivity (Wildman–Crippen MR) is 63.5 cm³/mol. The Balaban J connectivity index is 2.62. The van der Waals surface area contributed by atoms with E-state index in [9.17, 15) is 18.8 Å². The molecule has 2 amide bonds. The zero-order chi connectivity index (χ0) is 14.4. The van der Waals surface area contributed by atoms with Crippen LogP contribution in [0.15, 0.2) is 24.3 Å². The first-order valence-electron chi connectivity index (χ1n) is 5.43. The zero-order valence-electron chi connectivity index (χ0n) is 9.93. The van der Waals surface area contributed by atoms with Gasteiger partial charge in [0.2, 0.25) is 11.8 Å². The molecule has 102 valence electrons. The molecule has 1 aromatic carbocycles. The average Bonchev–Trinajstić information content (AvgIpc) is 2.27. The summed E-state index contributed by atoms with van der Waals surface area (Å²) >= 11 is 0. The normalized spacial score (nSPS) is 11.6. The van der Waals surface area contributed by atoms with Crippen molar-refractivity contribution in [3.8, 4) is 0 Å². The van der Waals surface area contributed by atoms with Crippen molar-refractivity contribution in [3.63, 3.8) is 0 Å². The molecule has 1 rings (SSSR count). The maximum atomic E-state index is 12.9. The number of carbonyl (C=O) groups excluding carboxylic acids is 2. The summed E-state index contributed by atoms with van der Waals surface area (Å²) in [4.78, 5) is 33.0. The van der Waals surface area contributed by atoms with E-state index in [4.69, 9.17) is 10.8 Å². The minimum absolute atomic E-state index is 0.180. The number of aliphatic carboxylic acids is 1. The summed E-state index contributed by atoms with van der Waals surface area (Å²) in [6.07, 6.45) is -0.676. The Morgan fingerprint density at radius 3 is 2.58 bits per heavy atom. The van der Waals surface area contributed by atoms with E-state index >= 15 is 0 Å². The molecule has 0 radical (unpaired) electrons. The highest BCUT2D eigenvalue weighted by Crippen LogP contribution is 2.04. The lowest BCUT2D eigenvalue weighted by Crippen LogP contribution is -2.43. The molecule has 0 aliphatic carbocycles. The van der Waals surface area contributed by atoms with Gasteiger partial charge < -0.3 is 16.2 Å². The molecule has 0 fully saturated rings. The molecule has 0 spiro atoms. The van der Waals surface area contributed by atoms with Crippen LogP contribution in [-0.2, 0) is 20.8 Å². The van der Waals surface area contributed by atoms with Gasteiger partial charge in [-0.2, -0.15) is 0 Å². The first kappa shape index (κ1) is 14.6. The fraction of sp³-hybridized carbons (Fsp3) is 0.250. The molecule has 1 unspecified atom stereocenters. The Labute approximate surface area is 108 Å². The van der Waals surface area contributed by atoms with Crippen LogP contribution in [0.5, 0.6) is 0 Å². The van der Waals surface area contributed by atoms with Gasteiger partial charge >= 0.3 is 5.97 Å². The lowest BCUT2D eigenvalue weighted by atomic mass is 10.1. The molecule has 4 N–H and O–H groups in total. The second kappa shape index (κ2) is 6.48. The Kier molecular flexibility index (Phi) is 4.99. The van der Waals surface area contributed by atoms with E-state index < -0.39 is 36.1 Å². The number of nitrogens with one attached hydrogen (secondary N) is 1. The molecule has 0 saturated heterocycles. The molecule has 1 atom stereocenters. The topological polar surface area (TPSA) is 109 Å². The summed E-state index contributed by atoms with van der Waals surface area (Å²) in [6, 6.07) is 4.00. The first-order chi connectivity index (χ1) is 8.88. The summed E-state index contributed by atoms with van der Waals surface area (Å²) < 4.78 is 12.9. The molecule has 7 heteroatoms. The molecule has 6 nitrogen and oxygen atoms in total. The molecule has 19 heavy (non-hydrogen) atoms. The molecule has 0 heterocycles. The van der Waals surface area contributed by atoms with Gasteiger partial charge in [-0.25, -0.2) is 9.18 Å². The van der Waals surface area contributed by atoms with Crippen molar-refractivity contribution in [2.24, 2.45) is 5.73 Å². The SMILES string of the molecule is NC(=O)CC(NC(=O)Cc1cccc(F)c1)C(=O)O. The van der Waals surface area contributed by atoms with Crippen LogP contribution in [0.4, 0.5) is 4.39 Å². The van der Waals surface area contributed by atoms with Crippen LogP contribution in [0, 0.1) is 5.82 Å². The number of hydrogen-bond acceptors (Lipinski definition) is 3. The van der Waals surface area contributed by atoms with Gasteiger partial charge in [0.05, 0.1) is 12.8 Å². The van der Waals surface area contributed by atoms with Crippen molar-refractivity contribution in [1.82, 2.24) is 5.32 Å².